The topological polar surface area (TPSA) is 79.4 Å². The smallest absolute Gasteiger partial charge is 0.224 e. The highest BCUT2D eigenvalue weighted by atomic mass is 16.5. The summed E-state index contributed by atoms with van der Waals surface area (Å²) in [5, 5.41) is 7.59. The van der Waals surface area contributed by atoms with Crippen LogP contribution in [0.5, 0.6) is 5.75 Å². The highest BCUT2D eigenvalue weighted by molar-refractivity contribution is 5.26. The molecule has 2 aromatic heterocycles. The predicted octanol–water partition coefficient (Wildman–Crippen LogP) is 2.46. The summed E-state index contributed by atoms with van der Waals surface area (Å²) in [7, 11) is 3.88. The van der Waals surface area contributed by atoms with Crippen molar-refractivity contribution in [1.29, 1.82) is 0 Å². The number of nitrogens with one attached hydrogen (secondary N) is 1. The van der Waals surface area contributed by atoms with E-state index in [0.717, 1.165) is 54.7 Å². The number of aromatic amines is 1. The first-order valence-electron chi connectivity index (χ1n) is 10.2. The lowest BCUT2D eigenvalue weighted by molar-refractivity contribution is -0.0350. The van der Waals surface area contributed by atoms with Gasteiger partial charge >= 0.3 is 0 Å². The molecule has 0 saturated carbocycles. The van der Waals surface area contributed by atoms with E-state index in [1.54, 1.807) is 0 Å². The minimum atomic E-state index is -0.0410. The molecular weight excluding hydrogens is 380 g/mol. The number of para-hydroxylation sites is 1. The van der Waals surface area contributed by atoms with Crippen LogP contribution < -0.4 is 9.64 Å². The highest BCUT2D eigenvalue weighted by Gasteiger charge is 2.24. The van der Waals surface area contributed by atoms with E-state index < -0.39 is 0 Å². The normalized spacial score (nSPS) is 17.1. The number of morpholine rings is 1. The minimum Gasteiger partial charge on any atom is -0.493 e. The number of aromatic nitrogens is 4. The molecule has 1 saturated heterocycles. The molecule has 0 spiro atoms. The summed E-state index contributed by atoms with van der Waals surface area (Å²) in [5.74, 6) is 1.60. The predicted molar refractivity (Wildman–Crippen MR) is 115 cm³/mol. The Morgan fingerprint density at radius 1 is 1.20 bits per heavy atom. The molecule has 1 aliphatic heterocycles. The highest BCUT2D eigenvalue weighted by Crippen LogP contribution is 2.22. The van der Waals surface area contributed by atoms with Crippen LogP contribution in [0.3, 0.4) is 0 Å². The molecule has 0 unspecified atom stereocenters. The SMILES string of the molecule is CN(C)c1ncc(CN2CCO[C@@H](c3cc(CCOc4ccccc4)[nH]n3)C2)cn1. The summed E-state index contributed by atoms with van der Waals surface area (Å²) in [6.07, 6.45) is 4.52. The molecule has 3 aromatic rings. The van der Waals surface area contributed by atoms with Crippen molar-refractivity contribution in [3.63, 3.8) is 0 Å². The molecule has 4 rings (SSSR count). The van der Waals surface area contributed by atoms with Crippen LogP contribution in [-0.2, 0) is 17.7 Å². The van der Waals surface area contributed by atoms with Crippen LogP contribution in [0.15, 0.2) is 48.8 Å². The molecule has 1 atom stereocenters. The summed E-state index contributed by atoms with van der Waals surface area (Å²) in [6.45, 7) is 3.76. The number of ether oxygens (including phenoxy) is 2. The Hall–Kier alpha value is -2.97. The summed E-state index contributed by atoms with van der Waals surface area (Å²) in [4.78, 5) is 13.1. The van der Waals surface area contributed by atoms with E-state index in [1.807, 2.05) is 61.7 Å². The van der Waals surface area contributed by atoms with Gasteiger partial charge in [0.2, 0.25) is 5.95 Å². The zero-order valence-corrected chi connectivity index (χ0v) is 17.5. The second-order valence-corrected chi connectivity index (χ2v) is 7.61. The first kappa shape index (κ1) is 20.3. The van der Waals surface area contributed by atoms with Gasteiger partial charge in [0.25, 0.3) is 0 Å². The third-order valence-corrected chi connectivity index (χ3v) is 5.01. The van der Waals surface area contributed by atoms with Gasteiger partial charge in [0.05, 0.1) is 18.9 Å². The van der Waals surface area contributed by atoms with Gasteiger partial charge < -0.3 is 14.4 Å². The van der Waals surface area contributed by atoms with E-state index in [0.29, 0.717) is 13.2 Å². The lowest BCUT2D eigenvalue weighted by Crippen LogP contribution is -2.38. The van der Waals surface area contributed by atoms with Gasteiger partial charge in [-0.1, -0.05) is 18.2 Å². The van der Waals surface area contributed by atoms with E-state index in [-0.39, 0.29) is 6.10 Å². The summed E-state index contributed by atoms with van der Waals surface area (Å²) in [5.41, 5.74) is 3.09. The molecule has 0 bridgehead atoms. The van der Waals surface area contributed by atoms with Crippen molar-refractivity contribution in [2.45, 2.75) is 19.1 Å². The zero-order valence-electron chi connectivity index (χ0n) is 17.5. The lowest BCUT2D eigenvalue weighted by Gasteiger charge is -2.32. The fourth-order valence-electron chi connectivity index (χ4n) is 3.41. The minimum absolute atomic E-state index is 0.0410. The third kappa shape index (κ3) is 5.34. The van der Waals surface area contributed by atoms with Gasteiger partial charge in [0.1, 0.15) is 11.9 Å². The standard InChI is InChI=1S/C22H28N6O2/c1-27(2)22-23-13-17(14-24-22)15-28-9-11-30-21(16-28)20-12-18(25-26-20)8-10-29-19-6-4-3-5-7-19/h3-7,12-14,21H,8-11,15-16H2,1-2H3,(H,25,26)/t21-/m1/s1. The van der Waals surface area contributed by atoms with Gasteiger partial charge in [-0.2, -0.15) is 5.10 Å². The van der Waals surface area contributed by atoms with E-state index in [1.165, 1.54) is 0 Å². The quantitative estimate of drug-likeness (QED) is 0.613. The Kier molecular flexibility index (Phi) is 6.56. The molecule has 158 valence electrons. The number of nitrogens with zero attached hydrogens (tertiary/aromatic N) is 5. The summed E-state index contributed by atoms with van der Waals surface area (Å²) >= 11 is 0. The molecule has 1 fully saturated rings. The van der Waals surface area contributed by atoms with Crippen molar-refractivity contribution >= 4 is 5.95 Å². The molecular formula is C22H28N6O2. The molecule has 30 heavy (non-hydrogen) atoms. The van der Waals surface area contributed by atoms with Crippen molar-refractivity contribution in [3.05, 3.63) is 65.7 Å². The van der Waals surface area contributed by atoms with Crippen LogP contribution in [0.25, 0.3) is 0 Å². The number of rotatable bonds is 8. The van der Waals surface area contributed by atoms with Gasteiger partial charge in [-0.15, -0.1) is 0 Å². The van der Waals surface area contributed by atoms with Crippen molar-refractivity contribution in [1.82, 2.24) is 25.1 Å². The van der Waals surface area contributed by atoms with Crippen molar-refractivity contribution in [3.8, 4) is 5.75 Å². The molecule has 0 radical (unpaired) electrons. The zero-order chi connectivity index (χ0) is 20.8. The van der Waals surface area contributed by atoms with Gasteiger partial charge in [-0.3, -0.25) is 10.00 Å². The fourth-order valence-corrected chi connectivity index (χ4v) is 3.41. The van der Waals surface area contributed by atoms with E-state index >= 15 is 0 Å². The van der Waals surface area contributed by atoms with Crippen LogP contribution in [0.4, 0.5) is 5.95 Å². The maximum absolute atomic E-state index is 5.98. The summed E-state index contributed by atoms with van der Waals surface area (Å²) < 4.78 is 11.7. The molecule has 3 heterocycles. The molecule has 1 aliphatic rings. The molecule has 0 aliphatic carbocycles. The second-order valence-electron chi connectivity index (χ2n) is 7.61. The van der Waals surface area contributed by atoms with Crippen LogP contribution in [0, 0.1) is 0 Å². The Morgan fingerprint density at radius 2 is 2.00 bits per heavy atom. The number of hydrogen-bond acceptors (Lipinski definition) is 7. The lowest BCUT2D eigenvalue weighted by atomic mass is 10.1. The molecule has 0 amide bonds. The van der Waals surface area contributed by atoms with Gasteiger partial charge in [0, 0.05) is 63.8 Å². The van der Waals surface area contributed by atoms with Gasteiger partial charge in [-0.05, 0) is 18.2 Å². The Bertz CT molecular complexity index is 913. The number of benzene rings is 1. The Labute approximate surface area is 176 Å². The second kappa shape index (κ2) is 9.69. The maximum atomic E-state index is 5.98. The Morgan fingerprint density at radius 3 is 2.77 bits per heavy atom. The van der Waals surface area contributed by atoms with Crippen LogP contribution >= 0.6 is 0 Å². The van der Waals surface area contributed by atoms with E-state index in [9.17, 15) is 0 Å². The van der Waals surface area contributed by atoms with Gasteiger partial charge in [0.15, 0.2) is 0 Å². The summed E-state index contributed by atoms with van der Waals surface area (Å²) in [6, 6.07) is 11.9. The van der Waals surface area contributed by atoms with Crippen molar-refractivity contribution < 1.29 is 9.47 Å². The molecule has 8 heteroatoms. The van der Waals surface area contributed by atoms with E-state index in [2.05, 4.69) is 31.1 Å². The van der Waals surface area contributed by atoms with Crippen molar-refractivity contribution in [2.75, 3.05) is 45.3 Å². The average Bonchev–Trinajstić information content (AvgIpc) is 3.24. The first-order chi connectivity index (χ1) is 14.7. The number of anilines is 1. The maximum Gasteiger partial charge on any atom is 0.224 e. The number of hydrogen-bond donors (Lipinski definition) is 1. The van der Waals surface area contributed by atoms with Crippen LogP contribution in [0.1, 0.15) is 23.1 Å². The van der Waals surface area contributed by atoms with E-state index in [4.69, 9.17) is 9.47 Å². The van der Waals surface area contributed by atoms with Crippen LogP contribution in [-0.4, -0.2) is 65.5 Å². The molecule has 8 nitrogen and oxygen atoms in total. The monoisotopic (exact) mass is 408 g/mol. The first-order valence-corrected chi connectivity index (χ1v) is 10.2. The third-order valence-electron chi connectivity index (χ3n) is 5.01. The number of H-pyrrole nitrogens is 1. The fraction of sp³-hybridized carbons (Fsp3) is 0.409. The largest absolute Gasteiger partial charge is 0.493 e. The van der Waals surface area contributed by atoms with Gasteiger partial charge in [-0.25, -0.2) is 9.97 Å². The van der Waals surface area contributed by atoms with Crippen LogP contribution in [0.2, 0.25) is 0 Å². The molecule has 1 aromatic carbocycles. The van der Waals surface area contributed by atoms with Crippen molar-refractivity contribution in [2.24, 2.45) is 0 Å². The average molecular weight is 409 g/mol. The molecule has 1 N–H and O–H groups in total. The Balaban J connectivity index is 1.29.